The number of aliphatic hydroxyl groups excluding tert-OH is 1. The van der Waals surface area contributed by atoms with E-state index in [0.29, 0.717) is 6.54 Å². The van der Waals surface area contributed by atoms with Crippen LogP contribution in [-0.2, 0) is 6.42 Å². The first-order chi connectivity index (χ1) is 8.26. The molecule has 1 aliphatic heterocycles. The summed E-state index contributed by atoms with van der Waals surface area (Å²) in [6.45, 7) is 3.40. The lowest BCUT2D eigenvalue weighted by Gasteiger charge is -2.21. The molecule has 0 bridgehead atoms. The fraction of sp³-hybridized carbons (Fsp3) is 0.571. The molecule has 0 aliphatic carbocycles. The summed E-state index contributed by atoms with van der Waals surface area (Å²) in [5, 5.41) is 10.3. The molecule has 3 heteroatoms. The van der Waals surface area contributed by atoms with Crippen LogP contribution < -0.4 is 10.5 Å². The Labute approximate surface area is 103 Å². The van der Waals surface area contributed by atoms with Crippen molar-refractivity contribution in [3.8, 4) is 5.75 Å². The predicted molar refractivity (Wildman–Crippen MR) is 68.1 cm³/mol. The Balaban J connectivity index is 2.15. The molecule has 1 aliphatic rings. The van der Waals surface area contributed by atoms with Gasteiger partial charge < -0.3 is 15.6 Å². The van der Waals surface area contributed by atoms with Crippen molar-refractivity contribution in [1.29, 1.82) is 0 Å². The smallest absolute Gasteiger partial charge is 0.122 e. The first-order valence-electron chi connectivity index (χ1n) is 6.40. The second-order valence-electron chi connectivity index (χ2n) is 4.69. The van der Waals surface area contributed by atoms with Crippen LogP contribution in [0.3, 0.4) is 0 Å². The first kappa shape index (κ1) is 12.4. The van der Waals surface area contributed by atoms with E-state index in [-0.39, 0.29) is 5.92 Å². The summed E-state index contributed by atoms with van der Waals surface area (Å²) < 4.78 is 5.46. The largest absolute Gasteiger partial charge is 0.493 e. The lowest BCUT2D eigenvalue weighted by atomic mass is 9.91. The molecule has 1 aromatic rings. The van der Waals surface area contributed by atoms with E-state index in [1.54, 1.807) is 0 Å². The Morgan fingerprint density at radius 2 is 2.29 bits per heavy atom. The Morgan fingerprint density at radius 1 is 1.47 bits per heavy atom. The van der Waals surface area contributed by atoms with Crippen molar-refractivity contribution in [2.24, 2.45) is 11.7 Å². The molecule has 2 unspecified atom stereocenters. The number of benzene rings is 1. The molecular weight excluding hydrogens is 214 g/mol. The van der Waals surface area contributed by atoms with Gasteiger partial charge in [0.25, 0.3) is 0 Å². The van der Waals surface area contributed by atoms with Crippen molar-refractivity contribution in [2.75, 3.05) is 13.2 Å². The molecule has 17 heavy (non-hydrogen) atoms. The van der Waals surface area contributed by atoms with Gasteiger partial charge in [0.15, 0.2) is 0 Å². The molecule has 0 radical (unpaired) electrons. The van der Waals surface area contributed by atoms with Crippen LogP contribution >= 0.6 is 0 Å². The lowest BCUT2D eigenvalue weighted by Crippen LogP contribution is -2.21. The first-order valence-corrected chi connectivity index (χ1v) is 6.40. The molecule has 0 spiro atoms. The van der Waals surface area contributed by atoms with Gasteiger partial charge in [0, 0.05) is 12.3 Å². The van der Waals surface area contributed by atoms with Crippen LogP contribution in [0.4, 0.5) is 0 Å². The number of rotatable bonds is 5. The maximum Gasteiger partial charge on any atom is 0.122 e. The zero-order valence-corrected chi connectivity index (χ0v) is 10.4. The number of ether oxygens (including phenoxy) is 1. The van der Waals surface area contributed by atoms with Crippen LogP contribution in [0.1, 0.15) is 37.0 Å². The van der Waals surface area contributed by atoms with E-state index in [4.69, 9.17) is 10.5 Å². The van der Waals surface area contributed by atoms with Crippen molar-refractivity contribution < 1.29 is 9.84 Å². The highest BCUT2D eigenvalue weighted by molar-refractivity contribution is 5.40. The topological polar surface area (TPSA) is 55.5 Å². The monoisotopic (exact) mass is 235 g/mol. The zero-order valence-electron chi connectivity index (χ0n) is 10.4. The van der Waals surface area contributed by atoms with Crippen molar-refractivity contribution in [2.45, 2.75) is 32.3 Å². The second kappa shape index (κ2) is 5.52. The van der Waals surface area contributed by atoms with Gasteiger partial charge in [-0.05, 0) is 36.2 Å². The third kappa shape index (κ3) is 2.61. The standard InChI is InChI=1S/C14H21NO2/c1-2-3-12(9-15)14(16)11-4-5-13-10(8-11)6-7-17-13/h4-5,8,12,14,16H,2-3,6-7,9,15H2,1H3. The Morgan fingerprint density at radius 3 is 3.00 bits per heavy atom. The average Bonchev–Trinajstić information content (AvgIpc) is 2.82. The van der Waals surface area contributed by atoms with Crippen LogP contribution in [-0.4, -0.2) is 18.3 Å². The van der Waals surface area contributed by atoms with Gasteiger partial charge in [-0.15, -0.1) is 0 Å². The van der Waals surface area contributed by atoms with Gasteiger partial charge in [0.2, 0.25) is 0 Å². The Bertz CT molecular complexity index is 378. The fourth-order valence-corrected chi connectivity index (χ4v) is 2.44. The van der Waals surface area contributed by atoms with Gasteiger partial charge >= 0.3 is 0 Å². The summed E-state index contributed by atoms with van der Waals surface area (Å²) in [5.74, 6) is 1.11. The summed E-state index contributed by atoms with van der Waals surface area (Å²) in [7, 11) is 0. The number of hydrogen-bond donors (Lipinski definition) is 2. The molecule has 1 aromatic carbocycles. The van der Waals surface area contributed by atoms with E-state index in [9.17, 15) is 5.11 Å². The van der Waals surface area contributed by atoms with Crippen molar-refractivity contribution >= 4 is 0 Å². The van der Waals surface area contributed by atoms with Gasteiger partial charge in [-0.2, -0.15) is 0 Å². The third-order valence-corrected chi connectivity index (χ3v) is 3.46. The van der Waals surface area contributed by atoms with Gasteiger partial charge in [-0.3, -0.25) is 0 Å². The van der Waals surface area contributed by atoms with E-state index >= 15 is 0 Å². The third-order valence-electron chi connectivity index (χ3n) is 3.46. The van der Waals surface area contributed by atoms with E-state index < -0.39 is 6.10 Å². The Hall–Kier alpha value is -1.06. The molecule has 94 valence electrons. The van der Waals surface area contributed by atoms with E-state index in [1.165, 1.54) is 5.56 Å². The van der Waals surface area contributed by atoms with Crippen LogP contribution in [0.5, 0.6) is 5.75 Å². The summed E-state index contributed by atoms with van der Waals surface area (Å²) in [6, 6.07) is 5.97. The molecule has 0 aromatic heterocycles. The highest BCUT2D eigenvalue weighted by Gasteiger charge is 2.21. The highest BCUT2D eigenvalue weighted by Crippen LogP contribution is 2.31. The minimum Gasteiger partial charge on any atom is -0.493 e. The lowest BCUT2D eigenvalue weighted by molar-refractivity contribution is 0.106. The number of fused-ring (bicyclic) bond motifs is 1. The number of hydrogen-bond acceptors (Lipinski definition) is 3. The minimum absolute atomic E-state index is 0.153. The number of aliphatic hydroxyl groups is 1. The molecule has 0 fully saturated rings. The van der Waals surface area contributed by atoms with Crippen LogP contribution in [0, 0.1) is 5.92 Å². The van der Waals surface area contributed by atoms with E-state index in [2.05, 4.69) is 13.0 Å². The molecule has 0 saturated carbocycles. The molecule has 3 nitrogen and oxygen atoms in total. The minimum atomic E-state index is -0.453. The van der Waals surface area contributed by atoms with Gasteiger partial charge in [-0.1, -0.05) is 19.4 Å². The normalized spacial score (nSPS) is 17.4. The zero-order chi connectivity index (χ0) is 12.3. The molecule has 2 atom stereocenters. The molecule has 0 amide bonds. The second-order valence-corrected chi connectivity index (χ2v) is 4.69. The summed E-state index contributed by atoms with van der Waals surface area (Å²) in [4.78, 5) is 0. The van der Waals surface area contributed by atoms with Crippen molar-refractivity contribution in [3.05, 3.63) is 29.3 Å². The number of nitrogens with two attached hydrogens (primary N) is 1. The Kier molecular flexibility index (Phi) is 4.02. The SMILES string of the molecule is CCCC(CN)C(O)c1ccc2c(c1)CCO2. The predicted octanol–water partition coefficient (Wildman–Crippen LogP) is 2.03. The highest BCUT2D eigenvalue weighted by atomic mass is 16.5. The molecule has 0 saturated heterocycles. The molecule has 3 N–H and O–H groups in total. The molecule has 2 rings (SSSR count). The quantitative estimate of drug-likeness (QED) is 0.821. The van der Waals surface area contributed by atoms with Crippen LogP contribution in [0.2, 0.25) is 0 Å². The van der Waals surface area contributed by atoms with Crippen LogP contribution in [0.15, 0.2) is 18.2 Å². The van der Waals surface area contributed by atoms with Gasteiger partial charge in [0.05, 0.1) is 12.7 Å². The van der Waals surface area contributed by atoms with Crippen LogP contribution in [0.25, 0.3) is 0 Å². The summed E-state index contributed by atoms with van der Waals surface area (Å²) in [5.41, 5.74) is 7.90. The van der Waals surface area contributed by atoms with Crippen molar-refractivity contribution in [1.82, 2.24) is 0 Å². The molecule has 1 heterocycles. The van der Waals surface area contributed by atoms with E-state index in [1.807, 2.05) is 12.1 Å². The maximum atomic E-state index is 10.3. The van der Waals surface area contributed by atoms with E-state index in [0.717, 1.165) is 37.2 Å². The molecular formula is C14H21NO2. The van der Waals surface area contributed by atoms with Gasteiger partial charge in [-0.25, -0.2) is 0 Å². The fourth-order valence-electron chi connectivity index (χ4n) is 2.44. The van der Waals surface area contributed by atoms with Gasteiger partial charge in [0.1, 0.15) is 5.75 Å². The maximum absolute atomic E-state index is 10.3. The summed E-state index contributed by atoms with van der Waals surface area (Å²) >= 11 is 0. The summed E-state index contributed by atoms with van der Waals surface area (Å²) in [6.07, 6.45) is 2.50. The van der Waals surface area contributed by atoms with Crippen molar-refractivity contribution in [3.63, 3.8) is 0 Å². The average molecular weight is 235 g/mol.